The van der Waals surface area contributed by atoms with E-state index in [0.717, 1.165) is 11.3 Å². The summed E-state index contributed by atoms with van der Waals surface area (Å²) in [5.41, 5.74) is 13.3. The summed E-state index contributed by atoms with van der Waals surface area (Å²) in [5, 5.41) is 0. The number of nitrogens with two attached hydrogens (primary N) is 2. The van der Waals surface area contributed by atoms with Gasteiger partial charge in [-0.2, -0.15) is 0 Å². The van der Waals surface area contributed by atoms with E-state index in [-0.39, 0.29) is 5.41 Å². The third-order valence-electron chi connectivity index (χ3n) is 1.91. The van der Waals surface area contributed by atoms with Crippen molar-refractivity contribution >= 4 is 5.82 Å². The van der Waals surface area contributed by atoms with Crippen LogP contribution in [0.15, 0.2) is 12.1 Å². The maximum absolute atomic E-state index is 5.66. The lowest BCUT2D eigenvalue weighted by atomic mass is 9.91. The highest BCUT2D eigenvalue weighted by atomic mass is 14.8. The molecule has 0 aliphatic carbocycles. The molecule has 1 aromatic heterocycles. The minimum atomic E-state index is 0.0271. The molecule has 0 bridgehead atoms. The predicted octanol–water partition coefficient (Wildman–Crippen LogP) is 1.42. The number of anilines is 1. The van der Waals surface area contributed by atoms with E-state index in [2.05, 4.69) is 25.8 Å². The van der Waals surface area contributed by atoms with Gasteiger partial charge in [0.15, 0.2) is 0 Å². The van der Waals surface area contributed by atoms with E-state index in [9.17, 15) is 0 Å². The molecule has 0 saturated heterocycles. The first-order chi connectivity index (χ1) is 5.93. The van der Waals surface area contributed by atoms with Crippen LogP contribution < -0.4 is 11.5 Å². The maximum Gasteiger partial charge on any atom is 0.123 e. The Morgan fingerprint density at radius 3 is 2.38 bits per heavy atom. The van der Waals surface area contributed by atoms with Crippen molar-refractivity contribution in [3.8, 4) is 0 Å². The Hall–Kier alpha value is -1.09. The van der Waals surface area contributed by atoms with Crippen LogP contribution in [0.4, 0.5) is 5.82 Å². The van der Waals surface area contributed by atoms with E-state index in [1.165, 1.54) is 0 Å². The predicted molar refractivity (Wildman–Crippen MR) is 55.2 cm³/mol. The zero-order valence-electron chi connectivity index (χ0n) is 8.46. The van der Waals surface area contributed by atoms with Crippen molar-refractivity contribution in [1.29, 1.82) is 0 Å². The Balaban J connectivity index is 3.16. The standard InChI is InChI=1S/C10H17N3/c1-10(2,3)8-4-7(6-11)5-9(12)13-8/h4-5H,6,11H2,1-3H3,(H2,12,13). The van der Waals surface area contributed by atoms with Gasteiger partial charge in [0.1, 0.15) is 5.82 Å². The first kappa shape index (κ1) is 9.99. The highest BCUT2D eigenvalue weighted by Gasteiger charge is 2.16. The van der Waals surface area contributed by atoms with Crippen LogP contribution in [0.2, 0.25) is 0 Å². The summed E-state index contributed by atoms with van der Waals surface area (Å²) in [7, 11) is 0. The second-order valence-electron chi connectivity index (χ2n) is 4.24. The van der Waals surface area contributed by atoms with Crippen LogP contribution >= 0.6 is 0 Å². The van der Waals surface area contributed by atoms with Gasteiger partial charge < -0.3 is 11.5 Å². The van der Waals surface area contributed by atoms with Crippen LogP contribution in [-0.4, -0.2) is 4.98 Å². The Bertz CT molecular complexity index is 300. The first-order valence-corrected chi connectivity index (χ1v) is 4.40. The molecule has 3 heteroatoms. The van der Waals surface area contributed by atoms with Crippen LogP contribution in [0.1, 0.15) is 32.0 Å². The van der Waals surface area contributed by atoms with Crippen molar-refractivity contribution < 1.29 is 0 Å². The van der Waals surface area contributed by atoms with Crippen molar-refractivity contribution in [3.05, 3.63) is 23.4 Å². The quantitative estimate of drug-likeness (QED) is 0.685. The summed E-state index contributed by atoms with van der Waals surface area (Å²) in [6.45, 7) is 6.83. The molecular formula is C10H17N3. The summed E-state index contributed by atoms with van der Waals surface area (Å²) >= 11 is 0. The van der Waals surface area contributed by atoms with Gasteiger partial charge in [0.25, 0.3) is 0 Å². The van der Waals surface area contributed by atoms with Crippen molar-refractivity contribution in [2.75, 3.05) is 5.73 Å². The average Bonchev–Trinajstić information content (AvgIpc) is 2.01. The topological polar surface area (TPSA) is 64.9 Å². The first-order valence-electron chi connectivity index (χ1n) is 4.40. The van der Waals surface area contributed by atoms with Gasteiger partial charge in [-0.15, -0.1) is 0 Å². The van der Waals surface area contributed by atoms with Gasteiger partial charge in [0.05, 0.1) is 0 Å². The van der Waals surface area contributed by atoms with Gasteiger partial charge in [-0.25, -0.2) is 4.98 Å². The van der Waals surface area contributed by atoms with E-state index >= 15 is 0 Å². The van der Waals surface area contributed by atoms with Crippen molar-refractivity contribution in [2.45, 2.75) is 32.7 Å². The van der Waals surface area contributed by atoms with Gasteiger partial charge in [-0.3, -0.25) is 0 Å². The van der Waals surface area contributed by atoms with Gasteiger partial charge in [0, 0.05) is 17.7 Å². The largest absolute Gasteiger partial charge is 0.384 e. The van der Waals surface area contributed by atoms with Crippen molar-refractivity contribution in [2.24, 2.45) is 5.73 Å². The number of rotatable bonds is 1. The Kier molecular flexibility index (Phi) is 2.57. The molecule has 1 heterocycles. The minimum Gasteiger partial charge on any atom is -0.384 e. The molecule has 1 aromatic rings. The lowest BCUT2D eigenvalue weighted by Gasteiger charge is -2.18. The number of nitrogen functional groups attached to an aromatic ring is 1. The van der Waals surface area contributed by atoms with Crippen LogP contribution in [0.25, 0.3) is 0 Å². The number of pyridine rings is 1. The molecule has 72 valence electrons. The number of hydrogen-bond donors (Lipinski definition) is 2. The van der Waals surface area contributed by atoms with Gasteiger partial charge in [-0.05, 0) is 17.7 Å². The minimum absolute atomic E-state index is 0.0271. The zero-order chi connectivity index (χ0) is 10.1. The molecule has 0 aromatic carbocycles. The molecule has 0 radical (unpaired) electrons. The van der Waals surface area contributed by atoms with Crippen molar-refractivity contribution in [3.63, 3.8) is 0 Å². The van der Waals surface area contributed by atoms with Gasteiger partial charge in [-0.1, -0.05) is 20.8 Å². The zero-order valence-corrected chi connectivity index (χ0v) is 8.46. The molecule has 0 aliphatic rings. The molecule has 0 fully saturated rings. The van der Waals surface area contributed by atoms with E-state index in [0.29, 0.717) is 12.4 Å². The second-order valence-corrected chi connectivity index (χ2v) is 4.24. The Morgan fingerprint density at radius 1 is 1.31 bits per heavy atom. The summed E-state index contributed by atoms with van der Waals surface area (Å²) in [4.78, 5) is 4.28. The fourth-order valence-electron chi connectivity index (χ4n) is 1.11. The molecule has 0 saturated carbocycles. The van der Waals surface area contributed by atoms with E-state index in [4.69, 9.17) is 11.5 Å². The van der Waals surface area contributed by atoms with Crippen LogP contribution in [0.5, 0.6) is 0 Å². The Labute approximate surface area is 79.2 Å². The number of aromatic nitrogens is 1. The molecule has 0 aliphatic heterocycles. The fourth-order valence-corrected chi connectivity index (χ4v) is 1.11. The second kappa shape index (κ2) is 3.34. The fraction of sp³-hybridized carbons (Fsp3) is 0.500. The van der Waals surface area contributed by atoms with E-state index in [1.807, 2.05) is 12.1 Å². The third-order valence-corrected chi connectivity index (χ3v) is 1.91. The molecular weight excluding hydrogens is 162 g/mol. The molecule has 13 heavy (non-hydrogen) atoms. The highest BCUT2D eigenvalue weighted by Crippen LogP contribution is 2.22. The SMILES string of the molecule is CC(C)(C)c1cc(CN)cc(N)n1. The van der Waals surface area contributed by atoms with Crippen LogP contribution in [0, 0.1) is 0 Å². The molecule has 4 N–H and O–H groups in total. The van der Waals surface area contributed by atoms with Crippen molar-refractivity contribution in [1.82, 2.24) is 4.98 Å². The van der Waals surface area contributed by atoms with E-state index < -0.39 is 0 Å². The monoisotopic (exact) mass is 179 g/mol. The molecule has 0 unspecified atom stereocenters. The summed E-state index contributed by atoms with van der Waals surface area (Å²) in [6.07, 6.45) is 0. The summed E-state index contributed by atoms with van der Waals surface area (Å²) < 4.78 is 0. The average molecular weight is 179 g/mol. The molecule has 0 atom stereocenters. The van der Waals surface area contributed by atoms with Crippen LogP contribution in [0.3, 0.4) is 0 Å². The molecule has 1 rings (SSSR count). The number of hydrogen-bond acceptors (Lipinski definition) is 3. The Morgan fingerprint density at radius 2 is 1.92 bits per heavy atom. The normalized spacial score (nSPS) is 11.7. The summed E-state index contributed by atoms with van der Waals surface area (Å²) in [6, 6.07) is 3.82. The van der Waals surface area contributed by atoms with Gasteiger partial charge in [0.2, 0.25) is 0 Å². The summed E-state index contributed by atoms with van der Waals surface area (Å²) in [5.74, 6) is 0.549. The maximum atomic E-state index is 5.66. The third kappa shape index (κ3) is 2.42. The number of nitrogens with zero attached hydrogens (tertiary/aromatic N) is 1. The highest BCUT2D eigenvalue weighted by molar-refractivity contribution is 5.36. The lowest BCUT2D eigenvalue weighted by molar-refractivity contribution is 0.569. The lowest BCUT2D eigenvalue weighted by Crippen LogP contribution is -2.15. The smallest absolute Gasteiger partial charge is 0.123 e. The van der Waals surface area contributed by atoms with Gasteiger partial charge >= 0.3 is 0 Å². The van der Waals surface area contributed by atoms with Crippen LogP contribution in [-0.2, 0) is 12.0 Å². The molecule has 0 amide bonds. The molecule has 3 nitrogen and oxygen atoms in total. The van der Waals surface area contributed by atoms with E-state index in [1.54, 1.807) is 0 Å². The molecule has 0 spiro atoms.